The van der Waals surface area contributed by atoms with E-state index in [-0.39, 0.29) is 10.8 Å². The molecule has 0 aromatic heterocycles. The summed E-state index contributed by atoms with van der Waals surface area (Å²) in [5.41, 5.74) is 1.25. The zero-order chi connectivity index (χ0) is 12.1. The van der Waals surface area contributed by atoms with Gasteiger partial charge in [-0.15, -0.1) is 6.42 Å². The lowest BCUT2D eigenvalue weighted by Gasteiger charge is -2.17. The van der Waals surface area contributed by atoms with Crippen molar-refractivity contribution in [2.75, 3.05) is 6.54 Å². The molecular weight excluding hydrogens is 182 g/mol. The highest BCUT2D eigenvalue weighted by Crippen LogP contribution is 2.23. The van der Waals surface area contributed by atoms with Crippen molar-refractivity contribution >= 4 is 6.21 Å². The van der Waals surface area contributed by atoms with Gasteiger partial charge in [0.1, 0.15) is 0 Å². The Hall–Kier alpha value is -1.03. The summed E-state index contributed by atoms with van der Waals surface area (Å²) in [6, 6.07) is 0. The summed E-state index contributed by atoms with van der Waals surface area (Å²) in [6.07, 6.45) is 9.21. The number of terminal acetylenes is 1. The summed E-state index contributed by atoms with van der Waals surface area (Å²) < 4.78 is 0. The average molecular weight is 205 g/mol. The van der Waals surface area contributed by atoms with Crippen LogP contribution in [0.2, 0.25) is 0 Å². The van der Waals surface area contributed by atoms with E-state index in [9.17, 15) is 0 Å². The highest BCUT2D eigenvalue weighted by atomic mass is 14.7. The summed E-state index contributed by atoms with van der Waals surface area (Å²) in [5.74, 6) is 2.71. The van der Waals surface area contributed by atoms with Crippen LogP contribution < -0.4 is 0 Å². The Labute approximate surface area is 94.7 Å². The van der Waals surface area contributed by atoms with Crippen molar-refractivity contribution in [2.45, 2.75) is 41.5 Å². The summed E-state index contributed by atoms with van der Waals surface area (Å²) in [5, 5.41) is 0. The first-order valence-corrected chi connectivity index (χ1v) is 5.34. The third kappa shape index (κ3) is 6.96. The molecule has 0 rings (SSSR count). The summed E-state index contributed by atoms with van der Waals surface area (Å²) in [6.45, 7) is 13.6. The van der Waals surface area contributed by atoms with E-state index in [4.69, 9.17) is 6.42 Å². The Balaban J connectivity index is 4.46. The molecule has 0 aliphatic heterocycles. The van der Waals surface area contributed by atoms with Gasteiger partial charge in [0.25, 0.3) is 0 Å². The summed E-state index contributed by atoms with van der Waals surface area (Å²) >= 11 is 0. The fraction of sp³-hybridized carbons (Fsp3) is 0.643. The van der Waals surface area contributed by atoms with Gasteiger partial charge in [-0.25, -0.2) is 0 Å². The van der Waals surface area contributed by atoms with Crippen molar-refractivity contribution in [3.63, 3.8) is 0 Å². The van der Waals surface area contributed by atoms with E-state index in [1.165, 1.54) is 0 Å². The van der Waals surface area contributed by atoms with Crippen LogP contribution in [-0.2, 0) is 0 Å². The predicted octanol–water partition coefficient (Wildman–Crippen LogP) is 3.71. The highest BCUT2D eigenvalue weighted by Gasteiger charge is 2.14. The molecule has 0 N–H and O–H groups in total. The van der Waals surface area contributed by atoms with Gasteiger partial charge in [0.15, 0.2) is 0 Å². The number of allylic oxidation sites excluding steroid dienone is 2. The Morgan fingerprint density at radius 1 is 1.20 bits per heavy atom. The van der Waals surface area contributed by atoms with Crippen LogP contribution in [0.1, 0.15) is 41.5 Å². The Morgan fingerprint density at radius 3 is 2.07 bits per heavy atom. The van der Waals surface area contributed by atoms with Crippen LogP contribution >= 0.6 is 0 Å². The first kappa shape index (κ1) is 14.0. The van der Waals surface area contributed by atoms with Crippen molar-refractivity contribution < 1.29 is 0 Å². The number of aliphatic imine (C=N–C) groups is 1. The number of nitrogens with zero attached hydrogens (tertiary/aromatic N) is 1. The molecule has 0 spiro atoms. The number of rotatable bonds is 2. The SMILES string of the molecule is C#C/C(=C\C=NCC(C)(C)C)C(C)(C)C. The molecule has 0 fully saturated rings. The summed E-state index contributed by atoms with van der Waals surface area (Å²) in [4.78, 5) is 4.35. The average Bonchev–Trinajstić information content (AvgIpc) is 1.99. The van der Waals surface area contributed by atoms with Gasteiger partial charge in [-0.3, -0.25) is 4.99 Å². The Bertz CT molecular complexity index is 287. The Kier molecular flexibility index (Phi) is 4.81. The van der Waals surface area contributed by atoms with Crippen LogP contribution in [0.4, 0.5) is 0 Å². The molecule has 0 bridgehead atoms. The van der Waals surface area contributed by atoms with Crippen molar-refractivity contribution in [1.82, 2.24) is 0 Å². The third-order valence-electron chi connectivity index (χ3n) is 1.88. The second-order valence-corrected chi connectivity index (χ2v) is 6.03. The van der Waals surface area contributed by atoms with E-state index >= 15 is 0 Å². The standard InChI is InChI=1S/C14H23N/c1-8-12(14(5,6)7)9-10-15-11-13(2,3)4/h1,9-10H,11H2,2-7H3/b12-9+,15-10?. The fourth-order valence-corrected chi connectivity index (χ4v) is 0.968. The molecule has 0 saturated carbocycles. The largest absolute Gasteiger partial charge is 0.293 e. The van der Waals surface area contributed by atoms with E-state index in [0.717, 1.165) is 12.1 Å². The lowest BCUT2D eigenvalue weighted by atomic mass is 9.87. The molecule has 0 saturated heterocycles. The number of hydrogen-bond acceptors (Lipinski definition) is 1. The van der Waals surface area contributed by atoms with Crippen LogP contribution in [0.3, 0.4) is 0 Å². The molecule has 0 aromatic carbocycles. The smallest absolute Gasteiger partial charge is 0.0437 e. The number of hydrogen-bond donors (Lipinski definition) is 0. The van der Waals surface area contributed by atoms with Crippen molar-refractivity contribution in [1.29, 1.82) is 0 Å². The van der Waals surface area contributed by atoms with Gasteiger partial charge in [0.2, 0.25) is 0 Å². The molecule has 1 heteroatoms. The van der Waals surface area contributed by atoms with Crippen molar-refractivity contribution in [3.05, 3.63) is 11.6 Å². The minimum atomic E-state index is 0.0303. The zero-order valence-corrected chi connectivity index (χ0v) is 10.9. The van der Waals surface area contributed by atoms with Crippen LogP contribution in [-0.4, -0.2) is 12.8 Å². The van der Waals surface area contributed by atoms with Gasteiger partial charge >= 0.3 is 0 Å². The first-order valence-electron chi connectivity index (χ1n) is 5.34. The van der Waals surface area contributed by atoms with Crippen LogP contribution in [0, 0.1) is 23.2 Å². The van der Waals surface area contributed by atoms with Crippen LogP contribution in [0.15, 0.2) is 16.6 Å². The fourth-order valence-electron chi connectivity index (χ4n) is 0.968. The van der Waals surface area contributed by atoms with Gasteiger partial charge in [-0.1, -0.05) is 47.5 Å². The van der Waals surface area contributed by atoms with E-state index in [2.05, 4.69) is 52.5 Å². The molecule has 1 nitrogen and oxygen atoms in total. The molecule has 0 atom stereocenters. The Morgan fingerprint density at radius 2 is 1.73 bits per heavy atom. The van der Waals surface area contributed by atoms with Crippen molar-refractivity contribution in [2.24, 2.45) is 15.8 Å². The first-order chi connectivity index (χ1) is 6.67. The third-order valence-corrected chi connectivity index (χ3v) is 1.88. The molecule has 0 unspecified atom stereocenters. The predicted molar refractivity (Wildman–Crippen MR) is 69.2 cm³/mol. The van der Waals surface area contributed by atoms with Gasteiger partial charge < -0.3 is 0 Å². The second-order valence-electron chi connectivity index (χ2n) is 6.03. The maximum atomic E-state index is 5.45. The molecule has 0 radical (unpaired) electrons. The highest BCUT2D eigenvalue weighted by molar-refractivity contribution is 5.74. The minimum absolute atomic E-state index is 0.0303. The molecule has 84 valence electrons. The van der Waals surface area contributed by atoms with Gasteiger partial charge in [-0.2, -0.15) is 0 Å². The molecule has 0 aromatic rings. The molecule has 15 heavy (non-hydrogen) atoms. The molecule has 0 aliphatic rings. The van der Waals surface area contributed by atoms with Gasteiger partial charge in [0, 0.05) is 18.3 Å². The molecule has 0 heterocycles. The maximum absolute atomic E-state index is 5.45. The van der Waals surface area contributed by atoms with Gasteiger partial charge in [0.05, 0.1) is 0 Å². The normalized spacial score (nSPS) is 14.3. The monoisotopic (exact) mass is 205 g/mol. The molecular formula is C14H23N. The minimum Gasteiger partial charge on any atom is -0.293 e. The summed E-state index contributed by atoms with van der Waals surface area (Å²) in [7, 11) is 0. The topological polar surface area (TPSA) is 12.4 Å². The lowest BCUT2D eigenvalue weighted by Crippen LogP contribution is -2.10. The lowest BCUT2D eigenvalue weighted by molar-refractivity contribution is 0.430. The zero-order valence-electron chi connectivity index (χ0n) is 10.9. The molecule has 0 aliphatic carbocycles. The second kappa shape index (κ2) is 5.16. The molecule has 0 amide bonds. The van der Waals surface area contributed by atoms with E-state index in [1.54, 1.807) is 0 Å². The van der Waals surface area contributed by atoms with E-state index in [1.807, 2.05) is 12.3 Å². The quantitative estimate of drug-likeness (QED) is 0.481. The van der Waals surface area contributed by atoms with E-state index in [0.29, 0.717) is 0 Å². The maximum Gasteiger partial charge on any atom is 0.0437 e. The van der Waals surface area contributed by atoms with Crippen molar-refractivity contribution in [3.8, 4) is 12.3 Å². The van der Waals surface area contributed by atoms with Gasteiger partial charge in [-0.05, 0) is 16.9 Å². The van der Waals surface area contributed by atoms with Crippen LogP contribution in [0.5, 0.6) is 0 Å². The van der Waals surface area contributed by atoms with E-state index < -0.39 is 0 Å². The van der Waals surface area contributed by atoms with Crippen LogP contribution in [0.25, 0.3) is 0 Å².